The first kappa shape index (κ1) is 16.2. The van der Waals surface area contributed by atoms with Crippen molar-refractivity contribution < 1.29 is 18.9 Å². The van der Waals surface area contributed by atoms with Gasteiger partial charge in [0.2, 0.25) is 0 Å². The normalized spacial score (nSPS) is 10.4. The maximum Gasteiger partial charge on any atom is 0.433 e. The zero-order valence-electron chi connectivity index (χ0n) is 13.2. The molecule has 0 aliphatic carbocycles. The van der Waals surface area contributed by atoms with Gasteiger partial charge in [0.15, 0.2) is 5.76 Å². The number of ether oxygens (including phenoxy) is 1. The van der Waals surface area contributed by atoms with E-state index in [2.05, 4.69) is 10.4 Å². The first-order valence-electron chi connectivity index (χ1n) is 7.28. The first-order valence-corrected chi connectivity index (χ1v) is 7.28. The largest absolute Gasteiger partial charge is 0.497 e. The number of hydrogen-bond donors (Lipinski definition) is 1. The Morgan fingerprint density at radius 3 is 2.68 bits per heavy atom. The number of nitrogens with one attached hydrogen (secondary N) is 1. The second-order valence-electron chi connectivity index (χ2n) is 5.03. The van der Waals surface area contributed by atoms with Crippen LogP contribution in [0.1, 0.15) is 16.2 Å². The average molecular weight is 342 g/mol. The Hall–Kier alpha value is -3.62. The van der Waals surface area contributed by atoms with Crippen molar-refractivity contribution in [3.05, 3.63) is 70.2 Å². The topological polar surface area (TPSA) is 112 Å². The Morgan fingerprint density at radius 1 is 1.28 bits per heavy atom. The fourth-order valence-electron chi connectivity index (χ4n) is 2.14. The molecule has 2 heterocycles. The van der Waals surface area contributed by atoms with Crippen LogP contribution in [0.25, 0.3) is 5.69 Å². The van der Waals surface area contributed by atoms with Crippen molar-refractivity contribution in [2.24, 2.45) is 0 Å². The molecule has 0 unspecified atom stereocenters. The van der Waals surface area contributed by atoms with Crippen LogP contribution in [0.4, 0.5) is 5.88 Å². The van der Waals surface area contributed by atoms with Crippen molar-refractivity contribution in [1.29, 1.82) is 0 Å². The van der Waals surface area contributed by atoms with Crippen LogP contribution in [0.15, 0.2) is 53.1 Å². The summed E-state index contributed by atoms with van der Waals surface area (Å²) in [5.74, 6) is -0.404. The second kappa shape index (κ2) is 6.87. The molecule has 3 rings (SSSR count). The molecule has 1 N–H and O–H groups in total. The molecule has 0 radical (unpaired) electrons. The summed E-state index contributed by atoms with van der Waals surface area (Å²) < 4.78 is 11.6. The van der Waals surface area contributed by atoms with E-state index >= 15 is 0 Å². The van der Waals surface area contributed by atoms with Crippen LogP contribution in [0.5, 0.6) is 5.75 Å². The lowest BCUT2D eigenvalue weighted by Gasteiger charge is -2.03. The molecule has 3 aromatic rings. The van der Waals surface area contributed by atoms with Gasteiger partial charge in [0, 0.05) is 6.20 Å². The van der Waals surface area contributed by atoms with E-state index in [0.717, 1.165) is 17.5 Å². The molecule has 128 valence electrons. The number of carbonyl (C=O) groups excluding carboxylic acids is 1. The van der Waals surface area contributed by atoms with Crippen molar-refractivity contribution in [3.8, 4) is 11.4 Å². The molecule has 9 heteroatoms. The highest BCUT2D eigenvalue weighted by molar-refractivity contribution is 5.91. The number of methoxy groups -OCH3 is 1. The minimum absolute atomic E-state index is 0.124. The Bertz CT molecular complexity index is 897. The number of benzene rings is 1. The standard InChI is InChI=1S/C16H14N4O5/c1-24-13-4-2-12(3-5-13)19-9-8-11(18-19)10-17-16(21)14-6-7-15(25-14)20(22)23/h2-9H,10H2,1H3,(H,17,21). The van der Waals surface area contributed by atoms with Crippen molar-refractivity contribution in [2.75, 3.05) is 7.11 Å². The Morgan fingerprint density at radius 2 is 2.04 bits per heavy atom. The van der Waals surface area contributed by atoms with E-state index in [-0.39, 0.29) is 12.3 Å². The van der Waals surface area contributed by atoms with Crippen LogP contribution < -0.4 is 10.1 Å². The number of carbonyl (C=O) groups is 1. The molecule has 25 heavy (non-hydrogen) atoms. The molecule has 0 aliphatic heterocycles. The minimum Gasteiger partial charge on any atom is -0.497 e. The van der Waals surface area contributed by atoms with E-state index in [1.807, 2.05) is 24.3 Å². The molecule has 0 fully saturated rings. The lowest BCUT2D eigenvalue weighted by Crippen LogP contribution is -2.22. The maximum absolute atomic E-state index is 11.9. The van der Waals surface area contributed by atoms with E-state index < -0.39 is 16.7 Å². The summed E-state index contributed by atoms with van der Waals surface area (Å²) in [6.45, 7) is 0.163. The molecule has 0 spiro atoms. The van der Waals surface area contributed by atoms with E-state index in [1.165, 1.54) is 6.07 Å². The number of furan rings is 1. The van der Waals surface area contributed by atoms with Crippen LogP contribution in [0.2, 0.25) is 0 Å². The van der Waals surface area contributed by atoms with Gasteiger partial charge in [-0.25, -0.2) is 4.68 Å². The molecule has 0 saturated carbocycles. The number of amides is 1. The maximum atomic E-state index is 11.9. The van der Waals surface area contributed by atoms with Crippen molar-refractivity contribution in [3.63, 3.8) is 0 Å². The summed E-state index contributed by atoms with van der Waals surface area (Å²) >= 11 is 0. The summed E-state index contributed by atoms with van der Waals surface area (Å²) in [7, 11) is 1.59. The monoisotopic (exact) mass is 342 g/mol. The highest BCUT2D eigenvalue weighted by atomic mass is 16.6. The first-order chi connectivity index (χ1) is 12.1. The van der Waals surface area contributed by atoms with Crippen LogP contribution in [0, 0.1) is 10.1 Å². The third kappa shape index (κ3) is 3.66. The fourth-order valence-corrected chi connectivity index (χ4v) is 2.14. The zero-order chi connectivity index (χ0) is 17.8. The van der Waals surface area contributed by atoms with Crippen LogP contribution in [-0.4, -0.2) is 27.7 Å². The van der Waals surface area contributed by atoms with Gasteiger partial charge < -0.3 is 14.5 Å². The summed E-state index contributed by atoms with van der Waals surface area (Å²) in [5.41, 5.74) is 1.48. The molecule has 0 aliphatic rings. The minimum atomic E-state index is -0.701. The molecule has 0 saturated heterocycles. The molecule has 0 atom stereocenters. The lowest BCUT2D eigenvalue weighted by molar-refractivity contribution is -0.402. The third-order valence-corrected chi connectivity index (χ3v) is 3.41. The Balaban J connectivity index is 1.62. The van der Waals surface area contributed by atoms with Gasteiger partial charge in [-0.3, -0.25) is 14.9 Å². The van der Waals surface area contributed by atoms with Gasteiger partial charge in [0.25, 0.3) is 5.91 Å². The highest BCUT2D eigenvalue weighted by Crippen LogP contribution is 2.16. The number of rotatable bonds is 6. The third-order valence-electron chi connectivity index (χ3n) is 3.41. The van der Waals surface area contributed by atoms with Crippen LogP contribution in [-0.2, 0) is 6.54 Å². The van der Waals surface area contributed by atoms with Crippen LogP contribution in [0.3, 0.4) is 0 Å². The Labute approximate surface area is 142 Å². The van der Waals surface area contributed by atoms with Crippen molar-refractivity contribution in [2.45, 2.75) is 6.54 Å². The quantitative estimate of drug-likeness (QED) is 0.543. The zero-order valence-corrected chi connectivity index (χ0v) is 13.2. The fraction of sp³-hybridized carbons (Fsp3) is 0.125. The number of hydrogen-bond acceptors (Lipinski definition) is 6. The summed E-state index contributed by atoms with van der Waals surface area (Å²) in [4.78, 5) is 21.8. The van der Waals surface area contributed by atoms with Gasteiger partial charge in [-0.15, -0.1) is 0 Å². The van der Waals surface area contributed by atoms with Gasteiger partial charge in [0.1, 0.15) is 10.7 Å². The van der Waals surface area contributed by atoms with Gasteiger partial charge in [-0.05, 0) is 36.4 Å². The molecular weight excluding hydrogens is 328 g/mol. The van der Waals surface area contributed by atoms with Crippen molar-refractivity contribution >= 4 is 11.8 Å². The van der Waals surface area contributed by atoms with E-state index in [9.17, 15) is 14.9 Å². The summed E-state index contributed by atoms with van der Waals surface area (Å²) in [6.07, 6.45) is 1.76. The van der Waals surface area contributed by atoms with Gasteiger partial charge in [0.05, 0.1) is 31.1 Å². The van der Waals surface area contributed by atoms with E-state index in [0.29, 0.717) is 5.69 Å². The predicted octanol–water partition coefficient (Wildman–Crippen LogP) is 2.31. The van der Waals surface area contributed by atoms with Gasteiger partial charge >= 0.3 is 5.88 Å². The van der Waals surface area contributed by atoms with E-state index in [4.69, 9.17) is 9.15 Å². The molecule has 0 bridgehead atoms. The van der Waals surface area contributed by atoms with Gasteiger partial charge in [-0.2, -0.15) is 5.10 Å². The molecule has 9 nitrogen and oxygen atoms in total. The molecular formula is C16H14N4O5. The summed E-state index contributed by atoms with van der Waals surface area (Å²) in [5, 5.41) is 17.5. The lowest BCUT2D eigenvalue weighted by atomic mass is 10.3. The smallest absolute Gasteiger partial charge is 0.433 e. The molecule has 1 aromatic carbocycles. The molecule has 2 aromatic heterocycles. The number of nitrogens with zero attached hydrogens (tertiary/aromatic N) is 3. The highest BCUT2D eigenvalue weighted by Gasteiger charge is 2.17. The van der Waals surface area contributed by atoms with Gasteiger partial charge in [-0.1, -0.05) is 0 Å². The number of nitro groups is 1. The second-order valence-corrected chi connectivity index (χ2v) is 5.03. The Kier molecular flexibility index (Phi) is 4.46. The number of aromatic nitrogens is 2. The SMILES string of the molecule is COc1ccc(-n2ccc(CNC(=O)c3ccc([N+](=O)[O-])o3)n2)cc1. The molecule has 1 amide bonds. The predicted molar refractivity (Wildman–Crippen MR) is 86.6 cm³/mol. The van der Waals surface area contributed by atoms with Crippen molar-refractivity contribution in [1.82, 2.24) is 15.1 Å². The van der Waals surface area contributed by atoms with E-state index in [1.54, 1.807) is 24.1 Å². The summed E-state index contributed by atoms with van der Waals surface area (Å²) in [6, 6.07) is 11.5. The van der Waals surface area contributed by atoms with Crippen LogP contribution >= 0.6 is 0 Å². The average Bonchev–Trinajstić information content (AvgIpc) is 3.29.